The second-order valence-corrected chi connectivity index (χ2v) is 17.2. The number of hydrogen-bond donors (Lipinski definition) is 1. The molecule has 0 heterocycles. The van der Waals surface area contributed by atoms with E-state index in [-0.39, 0.29) is 6.42 Å². The summed E-state index contributed by atoms with van der Waals surface area (Å²) in [6.07, 6.45) is 7.67. The van der Waals surface area contributed by atoms with Gasteiger partial charge in [-0.1, -0.05) is 0 Å². The molecule has 0 bridgehead atoms. The number of benzene rings is 3. The van der Waals surface area contributed by atoms with Gasteiger partial charge in [-0.05, 0) is 0 Å². The van der Waals surface area contributed by atoms with Crippen LogP contribution in [0.25, 0.3) is 0 Å². The predicted molar refractivity (Wildman–Crippen MR) is 139 cm³/mol. The molecule has 0 aliphatic rings. The van der Waals surface area contributed by atoms with Crippen molar-refractivity contribution in [2.45, 2.75) is 44.9 Å². The van der Waals surface area contributed by atoms with E-state index in [4.69, 9.17) is 5.11 Å². The molecular formula is C27H32BrO2P. The number of carboxylic acid groups (broad SMARTS) is 1. The van der Waals surface area contributed by atoms with E-state index in [1.165, 1.54) is 15.9 Å². The van der Waals surface area contributed by atoms with E-state index >= 15 is 0 Å². The Morgan fingerprint density at radius 1 is 0.613 bits per heavy atom. The SMILES string of the molecule is O=C(O)CCCCCCCCP(Br)(c1ccccc1)(c1ccccc1)c1ccccc1. The molecular weight excluding hydrogens is 467 g/mol. The predicted octanol–water partition coefficient (Wildman–Crippen LogP) is 6.64. The van der Waals surface area contributed by atoms with E-state index in [0.29, 0.717) is 0 Å². The van der Waals surface area contributed by atoms with Crippen molar-refractivity contribution in [3.8, 4) is 0 Å². The van der Waals surface area contributed by atoms with Crippen molar-refractivity contribution in [1.29, 1.82) is 0 Å². The second kappa shape index (κ2) is 11.1. The van der Waals surface area contributed by atoms with Crippen molar-refractivity contribution in [3.05, 3.63) is 91.0 Å². The van der Waals surface area contributed by atoms with E-state index in [1.807, 2.05) is 0 Å². The van der Waals surface area contributed by atoms with Gasteiger partial charge < -0.3 is 0 Å². The van der Waals surface area contributed by atoms with Crippen LogP contribution < -0.4 is 15.9 Å². The Morgan fingerprint density at radius 2 is 0.968 bits per heavy atom. The molecule has 0 saturated carbocycles. The van der Waals surface area contributed by atoms with Crippen LogP contribution in [0.2, 0.25) is 0 Å². The fourth-order valence-electron chi connectivity index (χ4n) is 4.44. The normalized spacial score (nSPS) is 12.7. The van der Waals surface area contributed by atoms with Gasteiger partial charge in [0.15, 0.2) is 0 Å². The van der Waals surface area contributed by atoms with Crippen LogP contribution in [0.3, 0.4) is 0 Å². The van der Waals surface area contributed by atoms with Crippen LogP contribution in [-0.2, 0) is 4.79 Å². The molecule has 0 unspecified atom stereocenters. The molecule has 31 heavy (non-hydrogen) atoms. The molecule has 0 saturated heterocycles. The van der Waals surface area contributed by atoms with Crippen molar-refractivity contribution in [2.24, 2.45) is 0 Å². The van der Waals surface area contributed by atoms with Gasteiger partial charge in [0, 0.05) is 0 Å². The minimum absolute atomic E-state index is 0.286. The van der Waals surface area contributed by atoms with Gasteiger partial charge in [-0.2, -0.15) is 0 Å². The molecule has 3 aromatic rings. The monoisotopic (exact) mass is 498 g/mol. The maximum absolute atomic E-state index is 10.7. The summed E-state index contributed by atoms with van der Waals surface area (Å²) in [6, 6.07) is 32.8. The molecule has 0 fully saturated rings. The van der Waals surface area contributed by atoms with Crippen LogP contribution in [0.4, 0.5) is 0 Å². The topological polar surface area (TPSA) is 37.3 Å². The number of rotatable bonds is 12. The molecule has 0 aliphatic heterocycles. The van der Waals surface area contributed by atoms with E-state index < -0.39 is 11.3 Å². The Balaban J connectivity index is 1.87. The second-order valence-electron chi connectivity index (χ2n) is 8.18. The molecule has 0 radical (unpaired) electrons. The number of carboxylic acids is 1. The summed E-state index contributed by atoms with van der Waals surface area (Å²) in [4.78, 5) is 10.7. The molecule has 0 amide bonds. The van der Waals surface area contributed by atoms with Crippen molar-refractivity contribution >= 4 is 42.7 Å². The number of hydrogen-bond acceptors (Lipinski definition) is 1. The summed E-state index contributed by atoms with van der Waals surface area (Å²) in [6.45, 7) is 0. The molecule has 3 aromatic carbocycles. The summed E-state index contributed by atoms with van der Waals surface area (Å²) in [5, 5.41) is 10.1. The van der Waals surface area contributed by atoms with Crippen LogP contribution in [-0.4, -0.2) is 17.2 Å². The average molecular weight is 499 g/mol. The third-order valence-electron chi connectivity index (χ3n) is 6.10. The summed E-state index contributed by atoms with van der Waals surface area (Å²) in [5.41, 5.74) is 0. The van der Waals surface area contributed by atoms with E-state index in [1.54, 1.807) is 0 Å². The van der Waals surface area contributed by atoms with Gasteiger partial charge in [0.2, 0.25) is 0 Å². The van der Waals surface area contributed by atoms with Crippen LogP contribution in [0, 0.1) is 0 Å². The standard InChI is InChI=1S/C27H32BrO2P/c28-31(24-16-8-5-9-17-24,25-18-10-6-11-19-25,26-20-12-7-13-21-26)23-15-4-2-1-3-14-22-27(29)30/h5-13,16-21H,1-4,14-15,22-23H2,(H,29,30). The molecule has 2 nitrogen and oxygen atoms in total. The fraction of sp³-hybridized carbons (Fsp3) is 0.296. The number of carbonyl (C=O) groups is 1. The van der Waals surface area contributed by atoms with E-state index in [2.05, 4.69) is 106 Å². The first kappa shape index (κ1) is 23.7. The van der Waals surface area contributed by atoms with Crippen LogP contribution >= 0.6 is 20.8 Å². The Labute approximate surface area is 194 Å². The molecule has 0 atom stereocenters. The van der Waals surface area contributed by atoms with Gasteiger partial charge in [-0.15, -0.1) is 0 Å². The van der Waals surface area contributed by atoms with Gasteiger partial charge in [-0.3, -0.25) is 0 Å². The summed E-state index contributed by atoms with van der Waals surface area (Å²) < 4.78 is 0. The van der Waals surface area contributed by atoms with Crippen LogP contribution in [0.5, 0.6) is 0 Å². The summed E-state index contributed by atoms with van der Waals surface area (Å²) in [5.74, 6) is -0.690. The minimum atomic E-state index is -2.79. The molecule has 0 aliphatic carbocycles. The van der Waals surface area contributed by atoms with Crippen molar-refractivity contribution in [1.82, 2.24) is 0 Å². The molecule has 0 aromatic heterocycles. The Bertz CT molecular complexity index is 845. The van der Waals surface area contributed by atoms with Crippen molar-refractivity contribution in [3.63, 3.8) is 0 Å². The van der Waals surface area contributed by atoms with Crippen molar-refractivity contribution in [2.75, 3.05) is 6.16 Å². The first-order valence-electron chi connectivity index (χ1n) is 11.2. The van der Waals surface area contributed by atoms with Crippen LogP contribution in [0.1, 0.15) is 44.9 Å². The van der Waals surface area contributed by atoms with E-state index in [9.17, 15) is 4.79 Å². The Kier molecular flexibility index (Phi) is 8.46. The van der Waals surface area contributed by atoms with Crippen LogP contribution in [0.15, 0.2) is 91.0 Å². The Morgan fingerprint density at radius 3 is 1.35 bits per heavy atom. The zero-order valence-corrected chi connectivity index (χ0v) is 20.5. The number of halogens is 1. The summed E-state index contributed by atoms with van der Waals surface area (Å²) >= 11 is 4.49. The first-order chi connectivity index (χ1) is 15.1. The van der Waals surface area contributed by atoms with Gasteiger partial charge in [0.1, 0.15) is 0 Å². The molecule has 1 N–H and O–H groups in total. The average Bonchev–Trinajstić information content (AvgIpc) is 2.82. The van der Waals surface area contributed by atoms with Crippen molar-refractivity contribution < 1.29 is 9.90 Å². The molecule has 164 valence electrons. The summed E-state index contributed by atoms with van der Waals surface area (Å²) in [7, 11) is 0. The zero-order valence-electron chi connectivity index (χ0n) is 18.0. The molecule has 3 rings (SSSR count). The van der Waals surface area contributed by atoms with Gasteiger partial charge in [-0.25, -0.2) is 0 Å². The zero-order chi connectivity index (χ0) is 22.0. The van der Waals surface area contributed by atoms with Gasteiger partial charge in [0.05, 0.1) is 0 Å². The van der Waals surface area contributed by atoms with E-state index in [0.717, 1.165) is 44.7 Å². The maximum atomic E-state index is 10.7. The number of unbranched alkanes of at least 4 members (excludes halogenated alkanes) is 5. The molecule has 0 spiro atoms. The first-order valence-corrected chi connectivity index (χ1v) is 15.6. The Hall–Kier alpha value is -1.96. The third-order valence-corrected chi connectivity index (χ3v) is 16.1. The third kappa shape index (κ3) is 5.45. The molecule has 4 heteroatoms. The van der Waals surface area contributed by atoms with Gasteiger partial charge >= 0.3 is 195 Å². The fourth-order valence-corrected chi connectivity index (χ4v) is 12.2. The van der Waals surface area contributed by atoms with Gasteiger partial charge in [0.25, 0.3) is 0 Å². The quantitative estimate of drug-likeness (QED) is 0.224. The number of aliphatic carboxylic acids is 1.